The summed E-state index contributed by atoms with van der Waals surface area (Å²) in [5.41, 5.74) is 4.56. The molecule has 1 spiro atoms. The van der Waals surface area contributed by atoms with E-state index in [1.807, 2.05) is 25.4 Å². The van der Waals surface area contributed by atoms with Gasteiger partial charge in [0, 0.05) is 48.3 Å². The fourth-order valence-electron chi connectivity index (χ4n) is 4.41. The lowest BCUT2D eigenvalue weighted by Gasteiger charge is -2.51. The average molecular weight is 410 g/mol. The summed E-state index contributed by atoms with van der Waals surface area (Å²) >= 11 is 6.26. The van der Waals surface area contributed by atoms with Gasteiger partial charge >= 0.3 is 0 Å². The number of H-pyrrole nitrogens is 2. The lowest BCUT2D eigenvalue weighted by atomic mass is 9.88. The molecule has 0 aromatic carbocycles. The van der Waals surface area contributed by atoms with Crippen LogP contribution in [0.1, 0.15) is 17.2 Å². The number of likely N-dealkylation sites (tertiary alicyclic amines) is 1. The molecule has 1 saturated heterocycles. The molecule has 0 aliphatic carbocycles. The number of ether oxygens (including phenoxy) is 1. The van der Waals surface area contributed by atoms with Gasteiger partial charge in [0.25, 0.3) is 0 Å². The van der Waals surface area contributed by atoms with Crippen molar-refractivity contribution < 1.29 is 4.74 Å². The largest absolute Gasteiger partial charge is 0.364 e. The summed E-state index contributed by atoms with van der Waals surface area (Å²) in [4.78, 5) is 17.6. The smallest absolute Gasteiger partial charge is 0.138 e. The van der Waals surface area contributed by atoms with Crippen LogP contribution in [0.3, 0.4) is 0 Å². The number of fused-ring (bicyclic) bond motifs is 3. The molecule has 6 rings (SSSR count). The molecule has 2 aliphatic rings. The molecule has 0 amide bonds. The zero-order valence-electron chi connectivity index (χ0n) is 15.9. The number of aromatic nitrogens is 6. The monoisotopic (exact) mass is 409 g/mol. The van der Waals surface area contributed by atoms with Gasteiger partial charge in [-0.25, -0.2) is 9.97 Å². The molecule has 4 aromatic heterocycles. The molecule has 2 aliphatic heterocycles. The van der Waals surface area contributed by atoms with Crippen molar-refractivity contribution in [1.29, 1.82) is 0 Å². The fourth-order valence-corrected chi connectivity index (χ4v) is 4.61. The van der Waals surface area contributed by atoms with E-state index in [-0.39, 0.29) is 5.60 Å². The van der Waals surface area contributed by atoms with Crippen LogP contribution in [0, 0.1) is 6.92 Å². The molecule has 1 fully saturated rings. The second kappa shape index (κ2) is 6.16. The first-order valence-electron chi connectivity index (χ1n) is 9.68. The molecule has 8 nitrogen and oxygen atoms in total. The minimum absolute atomic E-state index is 0.297. The van der Waals surface area contributed by atoms with E-state index >= 15 is 0 Å². The first kappa shape index (κ1) is 17.2. The Morgan fingerprint density at radius 1 is 1.24 bits per heavy atom. The fraction of sp³-hybridized carbons (Fsp3) is 0.350. The number of halogens is 1. The van der Waals surface area contributed by atoms with Gasteiger partial charge in [-0.1, -0.05) is 11.6 Å². The highest BCUT2D eigenvalue weighted by atomic mass is 35.5. The topological polar surface area (TPSA) is 87.7 Å². The summed E-state index contributed by atoms with van der Waals surface area (Å²) in [6.07, 6.45) is 5.46. The second-order valence-corrected chi connectivity index (χ2v) is 8.30. The van der Waals surface area contributed by atoms with E-state index in [0.29, 0.717) is 11.6 Å². The Labute approximate surface area is 171 Å². The molecule has 0 saturated carbocycles. The molecule has 6 heterocycles. The molecular formula is C20H20ClN7O. The van der Waals surface area contributed by atoms with Gasteiger partial charge in [0.1, 0.15) is 17.1 Å². The van der Waals surface area contributed by atoms with Crippen LogP contribution in [0.4, 0.5) is 0 Å². The Hall–Kier alpha value is -2.68. The van der Waals surface area contributed by atoms with Crippen LogP contribution in [0.5, 0.6) is 0 Å². The van der Waals surface area contributed by atoms with Gasteiger partial charge in [0.15, 0.2) is 0 Å². The van der Waals surface area contributed by atoms with Crippen molar-refractivity contribution in [1.82, 2.24) is 34.6 Å². The maximum Gasteiger partial charge on any atom is 0.138 e. The lowest BCUT2D eigenvalue weighted by Crippen LogP contribution is -2.62. The summed E-state index contributed by atoms with van der Waals surface area (Å²) in [5, 5.41) is 6.41. The third-order valence-electron chi connectivity index (χ3n) is 5.79. The van der Waals surface area contributed by atoms with Crippen LogP contribution in [-0.4, -0.2) is 54.3 Å². The standard InChI is InChI=1S/C20H20ClN7O/c1-12-6-22-18(25-12)9-27-10-20(11-27)17-5-16(26-28(17)2-3-29-20)13-4-14-15(21)8-24-19(14)23-7-13/h4-8H,2-3,9-11H2,1H3,(H,22,25)(H,23,24). The van der Waals surface area contributed by atoms with Crippen molar-refractivity contribution in [2.75, 3.05) is 19.7 Å². The number of rotatable bonds is 3. The zero-order valence-corrected chi connectivity index (χ0v) is 16.7. The van der Waals surface area contributed by atoms with Crippen molar-refractivity contribution in [3.05, 3.63) is 53.0 Å². The van der Waals surface area contributed by atoms with Crippen LogP contribution < -0.4 is 0 Å². The quantitative estimate of drug-likeness (QED) is 0.543. The van der Waals surface area contributed by atoms with Crippen LogP contribution in [-0.2, 0) is 23.4 Å². The predicted octanol–water partition coefficient (Wildman–Crippen LogP) is 2.85. The van der Waals surface area contributed by atoms with Crippen molar-refractivity contribution in [3.63, 3.8) is 0 Å². The zero-order chi connectivity index (χ0) is 19.6. The highest BCUT2D eigenvalue weighted by Gasteiger charge is 2.49. The summed E-state index contributed by atoms with van der Waals surface area (Å²) < 4.78 is 8.33. The van der Waals surface area contributed by atoms with Crippen LogP contribution in [0.2, 0.25) is 5.02 Å². The van der Waals surface area contributed by atoms with Crippen molar-refractivity contribution in [2.45, 2.75) is 25.6 Å². The van der Waals surface area contributed by atoms with Gasteiger partial charge in [-0.2, -0.15) is 5.10 Å². The number of aryl methyl sites for hydroxylation is 1. The first-order valence-corrected chi connectivity index (χ1v) is 10.1. The number of pyridine rings is 1. The van der Waals surface area contributed by atoms with Gasteiger partial charge < -0.3 is 14.7 Å². The van der Waals surface area contributed by atoms with E-state index < -0.39 is 0 Å². The van der Waals surface area contributed by atoms with Crippen molar-refractivity contribution in [2.24, 2.45) is 0 Å². The normalized spacial score (nSPS) is 18.3. The van der Waals surface area contributed by atoms with Gasteiger partial charge in [0.2, 0.25) is 0 Å². The van der Waals surface area contributed by atoms with Crippen molar-refractivity contribution >= 4 is 22.6 Å². The number of imidazole rings is 1. The highest BCUT2D eigenvalue weighted by Crippen LogP contribution is 2.40. The van der Waals surface area contributed by atoms with E-state index in [0.717, 1.165) is 65.7 Å². The number of hydrogen-bond acceptors (Lipinski definition) is 5. The molecule has 9 heteroatoms. The van der Waals surface area contributed by atoms with Gasteiger partial charge in [0.05, 0.1) is 36.1 Å². The summed E-state index contributed by atoms with van der Waals surface area (Å²) in [6, 6.07) is 4.17. The van der Waals surface area contributed by atoms with E-state index in [1.54, 1.807) is 6.20 Å². The van der Waals surface area contributed by atoms with Crippen LogP contribution in [0.15, 0.2) is 30.7 Å². The number of nitrogens with one attached hydrogen (secondary N) is 2. The molecule has 4 aromatic rings. The second-order valence-electron chi connectivity index (χ2n) is 7.90. The Morgan fingerprint density at radius 3 is 2.97 bits per heavy atom. The number of hydrogen-bond donors (Lipinski definition) is 2. The Morgan fingerprint density at radius 2 is 2.14 bits per heavy atom. The first-order chi connectivity index (χ1) is 14.1. The minimum atomic E-state index is -0.297. The Kier molecular flexibility index (Phi) is 3.65. The average Bonchev–Trinajstić information content (AvgIpc) is 3.40. The van der Waals surface area contributed by atoms with Crippen molar-refractivity contribution in [3.8, 4) is 11.3 Å². The van der Waals surface area contributed by atoms with Crippen LogP contribution in [0.25, 0.3) is 22.3 Å². The Balaban J connectivity index is 1.29. The third kappa shape index (κ3) is 2.71. The summed E-state index contributed by atoms with van der Waals surface area (Å²) in [5.74, 6) is 0.991. The molecule has 29 heavy (non-hydrogen) atoms. The molecule has 148 valence electrons. The van der Waals surface area contributed by atoms with E-state index in [2.05, 4.69) is 35.6 Å². The highest BCUT2D eigenvalue weighted by molar-refractivity contribution is 6.35. The maximum absolute atomic E-state index is 6.26. The number of aromatic amines is 2. The van der Waals surface area contributed by atoms with Gasteiger partial charge in [-0.05, 0) is 19.1 Å². The maximum atomic E-state index is 6.26. The summed E-state index contributed by atoms with van der Waals surface area (Å²) in [6.45, 7) is 5.91. The molecule has 0 unspecified atom stereocenters. The SMILES string of the molecule is Cc1cnc(CN2CC3(C2)OCCn2nc(-c4cnc5[nH]cc(Cl)c5c4)cc23)[nH]1. The van der Waals surface area contributed by atoms with Crippen LogP contribution >= 0.6 is 11.6 Å². The molecule has 0 radical (unpaired) electrons. The van der Waals surface area contributed by atoms with Gasteiger partial charge in [-0.15, -0.1) is 0 Å². The van der Waals surface area contributed by atoms with E-state index in [9.17, 15) is 0 Å². The summed E-state index contributed by atoms with van der Waals surface area (Å²) in [7, 11) is 0. The third-order valence-corrected chi connectivity index (χ3v) is 6.10. The minimum Gasteiger partial charge on any atom is -0.364 e. The van der Waals surface area contributed by atoms with E-state index in [1.165, 1.54) is 0 Å². The molecule has 0 atom stereocenters. The molecule has 2 N–H and O–H groups in total. The Bertz CT molecular complexity index is 1220. The number of nitrogens with zero attached hydrogens (tertiary/aromatic N) is 5. The lowest BCUT2D eigenvalue weighted by molar-refractivity contribution is -0.173. The van der Waals surface area contributed by atoms with Gasteiger partial charge in [-0.3, -0.25) is 9.58 Å². The predicted molar refractivity (Wildman–Crippen MR) is 109 cm³/mol. The molecule has 0 bridgehead atoms. The van der Waals surface area contributed by atoms with E-state index in [4.69, 9.17) is 21.4 Å². The molecular weight excluding hydrogens is 390 g/mol.